The van der Waals surface area contributed by atoms with Crippen molar-refractivity contribution in [2.24, 2.45) is 0 Å². The number of benzene rings is 1. The minimum absolute atomic E-state index is 0.165. The maximum absolute atomic E-state index is 6.13. The van der Waals surface area contributed by atoms with Crippen molar-refractivity contribution in [2.45, 2.75) is 45.3 Å². The van der Waals surface area contributed by atoms with E-state index < -0.39 is 0 Å². The molecule has 1 aliphatic rings. The molecule has 0 saturated carbocycles. The molecule has 0 aromatic heterocycles. The molecule has 1 saturated heterocycles. The molecule has 0 bridgehead atoms. The zero-order valence-corrected chi connectivity index (χ0v) is 11.5. The van der Waals surface area contributed by atoms with Gasteiger partial charge in [0.05, 0.1) is 0 Å². The van der Waals surface area contributed by atoms with Gasteiger partial charge < -0.3 is 4.74 Å². The smallest absolute Gasteiger partial charge is 0.136 e. The van der Waals surface area contributed by atoms with Gasteiger partial charge in [-0.2, -0.15) is 0 Å². The normalized spacial score (nSPS) is 18.7. The molecule has 1 atom stereocenters. The fourth-order valence-corrected chi connectivity index (χ4v) is 2.52. The summed E-state index contributed by atoms with van der Waals surface area (Å²) in [6, 6.07) is 10.7. The Morgan fingerprint density at radius 2 is 1.83 bits per heavy atom. The SMILES string of the molecule is CCCCOC(c1ccccc1)N1CCCCC1. The molecule has 0 spiro atoms. The fraction of sp³-hybridized carbons (Fsp3) is 0.625. The number of unbranched alkanes of at least 4 members (excludes halogenated alkanes) is 1. The molecular formula is C16H25NO. The van der Waals surface area contributed by atoms with Gasteiger partial charge in [0, 0.05) is 19.7 Å². The van der Waals surface area contributed by atoms with Gasteiger partial charge in [0.15, 0.2) is 0 Å². The van der Waals surface area contributed by atoms with Gasteiger partial charge in [-0.25, -0.2) is 0 Å². The topological polar surface area (TPSA) is 12.5 Å². The molecule has 18 heavy (non-hydrogen) atoms. The highest BCUT2D eigenvalue weighted by Gasteiger charge is 2.22. The summed E-state index contributed by atoms with van der Waals surface area (Å²) >= 11 is 0. The number of nitrogens with zero attached hydrogens (tertiary/aromatic N) is 1. The minimum atomic E-state index is 0.165. The first-order valence-electron chi connectivity index (χ1n) is 7.32. The summed E-state index contributed by atoms with van der Waals surface area (Å²) in [5, 5.41) is 0. The molecular weight excluding hydrogens is 222 g/mol. The van der Waals surface area contributed by atoms with E-state index in [1.165, 1.54) is 44.3 Å². The van der Waals surface area contributed by atoms with E-state index in [1.807, 2.05) is 0 Å². The highest BCUT2D eigenvalue weighted by Crippen LogP contribution is 2.25. The van der Waals surface area contributed by atoms with Crippen LogP contribution in [0.3, 0.4) is 0 Å². The maximum Gasteiger partial charge on any atom is 0.136 e. The summed E-state index contributed by atoms with van der Waals surface area (Å²) in [6.07, 6.45) is 6.49. The Balaban J connectivity index is 2.01. The zero-order chi connectivity index (χ0) is 12.6. The van der Waals surface area contributed by atoms with Crippen LogP contribution in [0.25, 0.3) is 0 Å². The van der Waals surface area contributed by atoms with Crippen LogP contribution >= 0.6 is 0 Å². The zero-order valence-electron chi connectivity index (χ0n) is 11.5. The lowest BCUT2D eigenvalue weighted by Gasteiger charge is -2.34. The van der Waals surface area contributed by atoms with Crippen LogP contribution in [0.1, 0.15) is 50.8 Å². The van der Waals surface area contributed by atoms with Crippen molar-refractivity contribution >= 4 is 0 Å². The van der Waals surface area contributed by atoms with Gasteiger partial charge in [0.1, 0.15) is 6.23 Å². The summed E-state index contributed by atoms with van der Waals surface area (Å²) in [5.74, 6) is 0. The molecule has 1 heterocycles. The van der Waals surface area contributed by atoms with Gasteiger partial charge in [-0.3, -0.25) is 4.90 Å². The van der Waals surface area contributed by atoms with Crippen molar-refractivity contribution in [3.05, 3.63) is 35.9 Å². The summed E-state index contributed by atoms with van der Waals surface area (Å²) in [5.41, 5.74) is 1.30. The number of likely N-dealkylation sites (tertiary alicyclic amines) is 1. The molecule has 1 aromatic carbocycles. The van der Waals surface area contributed by atoms with Crippen molar-refractivity contribution in [3.8, 4) is 0 Å². The Kier molecular flexibility index (Phi) is 5.69. The van der Waals surface area contributed by atoms with Crippen LogP contribution in [0, 0.1) is 0 Å². The van der Waals surface area contributed by atoms with Crippen LogP contribution < -0.4 is 0 Å². The van der Waals surface area contributed by atoms with E-state index in [-0.39, 0.29) is 6.23 Å². The Morgan fingerprint density at radius 1 is 1.11 bits per heavy atom. The van der Waals surface area contributed by atoms with Crippen LogP contribution in [-0.2, 0) is 4.74 Å². The van der Waals surface area contributed by atoms with Crippen molar-refractivity contribution in [3.63, 3.8) is 0 Å². The summed E-state index contributed by atoms with van der Waals surface area (Å²) in [4.78, 5) is 2.49. The molecule has 2 rings (SSSR count). The van der Waals surface area contributed by atoms with Crippen molar-refractivity contribution in [1.82, 2.24) is 4.90 Å². The fourth-order valence-electron chi connectivity index (χ4n) is 2.52. The third-order valence-corrected chi connectivity index (χ3v) is 3.58. The van der Waals surface area contributed by atoms with Gasteiger partial charge in [-0.1, -0.05) is 50.1 Å². The lowest BCUT2D eigenvalue weighted by Crippen LogP contribution is -2.35. The molecule has 1 unspecified atom stereocenters. The van der Waals surface area contributed by atoms with Crippen LogP contribution in [-0.4, -0.2) is 24.6 Å². The van der Waals surface area contributed by atoms with Crippen molar-refractivity contribution in [2.75, 3.05) is 19.7 Å². The summed E-state index contributed by atoms with van der Waals surface area (Å²) in [7, 11) is 0. The maximum atomic E-state index is 6.13. The Hall–Kier alpha value is -0.860. The predicted octanol–water partition coefficient (Wildman–Crippen LogP) is 3.99. The van der Waals surface area contributed by atoms with E-state index in [4.69, 9.17) is 4.74 Å². The van der Waals surface area contributed by atoms with Crippen LogP contribution in [0.4, 0.5) is 0 Å². The summed E-state index contributed by atoms with van der Waals surface area (Å²) < 4.78 is 6.13. The lowest BCUT2D eigenvalue weighted by molar-refractivity contribution is -0.0708. The van der Waals surface area contributed by atoms with E-state index in [1.54, 1.807) is 0 Å². The number of hydrogen-bond acceptors (Lipinski definition) is 2. The third-order valence-electron chi connectivity index (χ3n) is 3.58. The van der Waals surface area contributed by atoms with Crippen LogP contribution in [0.15, 0.2) is 30.3 Å². The van der Waals surface area contributed by atoms with E-state index in [9.17, 15) is 0 Å². The number of piperidine rings is 1. The molecule has 1 aliphatic heterocycles. The molecule has 2 nitrogen and oxygen atoms in total. The number of rotatable bonds is 6. The molecule has 1 aromatic rings. The molecule has 100 valence electrons. The standard InChI is InChI=1S/C16H25NO/c1-2-3-14-18-16(15-10-6-4-7-11-15)17-12-8-5-9-13-17/h4,6-7,10-11,16H,2-3,5,8-9,12-14H2,1H3. The molecule has 0 N–H and O–H groups in total. The van der Waals surface area contributed by atoms with Crippen LogP contribution in [0.5, 0.6) is 0 Å². The molecule has 2 heteroatoms. The highest BCUT2D eigenvalue weighted by atomic mass is 16.5. The number of ether oxygens (including phenoxy) is 1. The first kappa shape index (κ1) is 13.6. The third kappa shape index (κ3) is 3.82. The van der Waals surface area contributed by atoms with E-state index in [2.05, 4.69) is 42.2 Å². The monoisotopic (exact) mass is 247 g/mol. The van der Waals surface area contributed by atoms with Crippen molar-refractivity contribution < 1.29 is 4.74 Å². The summed E-state index contributed by atoms with van der Waals surface area (Å²) in [6.45, 7) is 5.42. The van der Waals surface area contributed by atoms with E-state index in [0.717, 1.165) is 13.0 Å². The largest absolute Gasteiger partial charge is 0.359 e. The second-order valence-electron chi connectivity index (χ2n) is 5.08. The van der Waals surface area contributed by atoms with Crippen molar-refractivity contribution in [1.29, 1.82) is 0 Å². The predicted molar refractivity (Wildman–Crippen MR) is 75.5 cm³/mol. The van der Waals surface area contributed by atoms with Gasteiger partial charge in [0.2, 0.25) is 0 Å². The Bertz CT molecular complexity index is 319. The molecule has 0 radical (unpaired) electrons. The first-order valence-corrected chi connectivity index (χ1v) is 7.32. The second kappa shape index (κ2) is 7.55. The first-order chi connectivity index (χ1) is 8.92. The quantitative estimate of drug-likeness (QED) is 0.705. The van der Waals surface area contributed by atoms with Gasteiger partial charge in [-0.05, 0) is 24.8 Å². The van der Waals surface area contributed by atoms with E-state index in [0.29, 0.717) is 0 Å². The Labute approximate surface area is 111 Å². The number of hydrogen-bond donors (Lipinski definition) is 0. The average Bonchev–Trinajstić information content (AvgIpc) is 2.46. The van der Waals surface area contributed by atoms with E-state index >= 15 is 0 Å². The molecule has 0 amide bonds. The minimum Gasteiger partial charge on any atom is -0.359 e. The van der Waals surface area contributed by atoms with Gasteiger partial charge >= 0.3 is 0 Å². The average molecular weight is 247 g/mol. The second-order valence-corrected chi connectivity index (χ2v) is 5.08. The lowest BCUT2D eigenvalue weighted by atomic mass is 10.1. The highest BCUT2D eigenvalue weighted by molar-refractivity contribution is 5.17. The molecule has 0 aliphatic carbocycles. The Morgan fingerprint density at radius 3 is 2.50 bits per heavy atom. The molecule has 1 fully saturated rings. The van der Waals surface area contributed by atoms with Crippen LogP contribution in [0.2, 0.25) is 0 Å². The van der Waals surface area contributed by atoms with Gasteiger partial charge in [-0.15, -0.1) is 0 Å². The van der Waals surface area contributed by atoms with Gasteiger partial charge in [0.25, 0.3) is 0 Å².